The molecule has 0 amide bonds. The Balaban J connectivity index is 2.90. The van der Waals surface area contributed by atoms with E-state index in [1.165, 1.54) is 17.2 Å². The van der Waals surface area contributed by atoms with Crippen LogP contribution in [0.5, 0.6) is 0 Å². The Morgan fingerprint density at radius 1 is 1.44 bits per heavy atom. The molecule has 0 saturated heterocycles. The van der Waals surface area contributed by atoms with E-state index in [0.717, 1.165) is 4.48 Å². The lowest BCUT2D eigenvalue weighted by Gasteiger charge is -2.20. The molecule has 1 heterocycles. The minimum Gasteiger partial charge on any atom is -0.296 e. The van der Waals surface area contributed by atoms with Crippen molar-refractivity contribution in [2.45, 2.75) is 0 Å². The predicted octanol–water partition coefficient (Wildman–Crippen LogP) is 1.34. The van der Waals surface area contributed by atoms with Crippen LogP contribution in [0.15, 0.2) is 11.6 Å². The van der Waals surface area contributed by atoms with Gasteiger partial charge < -0.3 is 0 Å². The predicted molar refractivity (Wildman–Crippen MR) is 41.7 cm³/mol. The van der Waals surface area contributed by atoms with E-state index < -0.39 is 0 Å². The molecule has 1 rings (SSSR count). The van der Waals surface area contributed by atoms with Crippen molar-refractivity contribution in [3.63, 3.8) is 0 Å². The highest BCUT2D eigenvalue weighted by atomic mass is 32.1. The van der Waals surface area contributed by atoms with Crippen LogP contribution < -0.4 is 4.48 Å². The molecule has 3 heteroatoms. The lowest BCUT2D eigenvalue weighted by molar-refractivity contribution is 0.487. The van der Waals surface area contributed by atoms with E-state index >= 15 is 0 Å². The van der Waals surface area contributed by atoms with Crippen molar-refractivity contribution in [2.75, 3.05) is 21.1 Å². The van der Waals surface area contributed by atoms with Crippen LogP contribution in [0.2, 0.25) is 0 Å². The van der Waals surface area contributed by atoms with Gasteiger partial charge in [0.1, 0.15) is 6.20 Å². The molecule has 0 saturated carbocycles. The fourth-order valence-corrected chi connectivity index (χ4v) is 1.25. The van der Waals surface area contributed by atoms with Crippen LogP contribution >= 0.6 is 11.5 Å². The summed E-state index contributed by atoms with van der Waals surface area (Å²) in [5.74, 6) is 0. The van der Waals surface area contributed by atoms with Crippen LogP contribution in [0.4, 0.5) is 5.69 Å². The van der Waals surface area contributed by atoms with Gasteiger partial charge >= 0.3 is 0 Å². The molecule has 0 fully saturated rings. The van der Waals surface area contributed by atoms with Gasteiger partial charge in [0.15, 0.2) is 5.69 Å². The van der Waals surface area contributed by atoms with Crippen molar-refractivity contribution in [2.24, 2.45) is 0 Å². The SMILES string of the molecule is C[N+](C)(C)c1cnsc1. The topological polar surface area (TPSA) is 12.9 Å². The van der Waals surface area contributed by atoms with E-state index in [1.54, 1.807) is 0 Å². The average molecular weight is 143 g/mol. The highest BCUT2D eigenvalue weighted by Gasteiger charge is 2.11. The van der Waals surface area contributed by atoms with E-state index in [1.807, 2.05) is 6.20 Å². The zero-order chi connectivity index (χ0) is 6.91. The first-order valence-electron chi connectivity index (χ1n) is 2.82. The average Bonchev–Trinajstić information content (AvgIpc) is 2.08. The molecule has 0 bridgehead atoms. The van der Waals surface area contributed by atoms with Gasteiger partial charge in [-0.25, -0.2) is 0 Å². The third kappa shape index (κ3) is 1.50. The van der Waals surface area contributed by atoms with Gasteiger partial charge in [0.05, 0.1) is 26.5 Å². The lowest BCUT2D eigenvalue weighted by Crippen LogP contribution is -2.34. The van der Waals surface area contributed by atoms with Crippen LogP contribution in [-0.2, 0) is 0 Å². The first-order chi connectivity index (χ1) is 4.11. The minimum absolute atomic E-state index is 0.858. The number of aromatic nitrogens is 1. The summed E-state index contributed by atoms with van der Waals surface area (Å²) in [6, 6.07) is 0. The number of hydrogen-bond donors (Lipinski definition) is 0. The van der Waals surface area contributed by atoms with Gasteiger partial charge in [-0.05, 0) is 11.5 Å². The molecule has 9 heavy (non-hydrogen) atoms. The number of rotatable bonds is 1. The Morgan fingerprint density at radius 2 is 2.11 bits per heavy atom. The summed E-state index contributed by atoms with van der Waals surface area (Å²) in [6.45, 7) is 0. The fraction of sp³-hybridized carbons (Fsp3) is 0.500. The Hall–Kier alpha value is -0.410. The summed E-state index contributed by atoms with van der Waals surface area (Å²) >= 11 is 1.50. The molecule has 0 aliphatic carbocycles. The molecule has 50 valence electrons. The van der Waals surface area contributed by atoms with E-state index in [9.17, 15) is 0 Å². The highest BCUT2D eigenvalue weighted by molar-refractivity contribution is 7.03. The van der Waals surface area contributed by atoms with Crippen molar-refractivity contribution >= 4 is 17.2 Å². The van der Waals surface area contributed by atoms with E-state index in [2.05, 4.69) is 30.9 Å². The molecule has 0 atom stereocenters. The molecule has 0 N–H and O–H groups in total. The highest BCUT2D eigenvalue weighted by Crippen LogP contribution is 2.16. The maximum Gasteiger partial charge on any atom is 0.163 e. The fourth-order valence-electron chi connectivity index (χ4n) is 0.531. The molecule has 0 unspecified atom stereocenters. The maximum atomic E-state index is 4.01. The third-order valence-electron chi connectivity index (χ3n) is 1.19. The summed E-state index contributed by atoms with van der Waals surface area (Å²) in [7, 11) is 6.39. The van der Waals surface area contributed by atoms with E-state index in [0.29, 0.717) is 0 Å². The number of hydrogen-bond acceptors (Lipinski definition) is 2. The summed E-state index contributed by atoms with van der Waals surface area (Å²) in [5.41, 5.74) is 1.26. The number of nitrogens with zero attached hydrogens (tertiary/aromatic N) is 2. The first kappa shape index (κ1) is 6.71. The van der Waals surface area contributed by atoms with Crippen molar-refractivity contribution in [3.8, 4) is 0 Å². The van der Waals surface area contributed by atoms with Crippen molar-refractivity contribution in [1.82, 2.24) is 8.86 Å². The smallest absolute Gasteiger partial charge is 0.163 e. The Kier molecular flexibility index (Phi) is 1.55. The second kappa shape index (κ2) is 2.08. The van der Waals surface area contributed by atoms with Gasteiger partial charge in [-0.2, -0.15) is 4.37 Å². The number of quaternary nitrogens is 1. The van der Waals surface area contributed by atoms with Gasteiger partial charge in [0.25, 0.3) is 0 Å². The van der Waals surface area contributed by atoms with Crippen LogP contribution in [0, 0.1) is 0 Å². The molecule has 0 aliphatic heterocycles. The van der Waals surface area contributed by atoms with Crippen LogP contribution in [0.25, 0.3) is 0 Å². The standard InChI is InChI=1S/C6H11N2S/c1-8(2,3)6-4-7-9-5-6/h4-5H,1-3H3/q+1. The zero-order valence-electron chi connectivity index (χ0n) is 5.96. The third-order valence-corrected chi connectivity index (χ3v) is 1.77. The summed E-state index contributed by atoms with van der Waals surface area (Å²) in [6.07, 6.45) is 1.91. The quantitative estimate of drug-likeness (QED) is 0.541. The van der Waals surface area contributed by atoms with Crippen LogP contribution in [0.1, 0.15) is 0 Å². The molecule has 0 aromatic carbocycles. The van der Waals surface area contributed by atoms with Gasteiger partial charge in [-0.3, -0.25) is 4.48 Å². The molecule has 2 nitrogen and oxygen atoms in total. The minimum atomic E-state index is 0.858. The first-order valence-corrected chi connectivity index (χ1v) is 3.66. The largest absolute Gasteiger partial charge is 0.296 e. The maximum absolute atomic E-state index is 4.01. The second-order valence-electron chi connectivity index (χ2n) is 2.90. The Bertz CT molecular complexity index is 173. The summed E-state index contributed by atoms with van der Waals surface area (Å²) < 4.78 is 4.87. The normalized spacial score (nSPS) is 11.9. The zero-order valence-corrected chi connectivity index (χ0v) is 6.77. The van der Waals surface area contributed by atoms with Gasteiger partial charge in [0, 0.05) is 0 Å². The molecule has 0 radical (unpaired) electrons. The van der Waals surface area contributed by atoms with E-state index in [4.69, 9.17) is 0 Å². The van der Waals surface area contributed by atoms with Crippen molar-refractivity contribution in [3.05, 3.63) is 11.6 Å². The summed E-state index contributed by atoms with van der Waals surface area (Å²) in [4.78, 5) is 0. The molecule has 0 spiro atoms. The molecule has 0 aliphatic rings. The van der Waals surface area contributed by atoms with Gasteiger partial charge in [0.2, 0.25) is 0 Å². The second-order valence-corrected chi connectivity index (χ2v) is 3.55. The molecule has 1 aromatic heterocycles. The molecule has 1 aromatic rings. The van der Waals surface area contributed by atoms with Gasteiger partial charge in [-0.15, -0.1) is 0 Å². The van der Waals surface area contributed by atoms with Crippen LogP contribution in [-0.4, -0.2) is 25.5 Å². The Labute approximate surface area is 59.5 Å². The summed E-state index contributed by atoms with van der Waals surface area (Å²) in [5, 5.41) is 2.07. The monoisotopic (exact) mass is 143 g/mol. The van der Waals surface area contributed by atoms with Crippen molar-refractivity contribution < 1.29 is 0 Å². The lowest BCUT2D eigenvalue weighted by atomic mass is 10.5. The Morgan fingerprint density at radius 3 is 2.33 bits per heavy atom. The van der Waals surface area contributed by atoms with Gasteiger partial charge in [-0.1, -0.05) is 0 Å². The molecular formula is C6H11N2S+. The molecular weight excluding hydrogens is 132 g/mol. The van der Waals surface area contributed by atoms with Crippen molar-refractivity contribution in [1.29, 1.82) is 0 Å². The van der Waals surface area contributed by atoms with E-state index in [-0.39, 0.29) is 0 Å². The van der Waals surface area contributed by atoms with Crippen LogP contribution in [0.3, 0.4) is 0 Å².